The maximum atomic E-state index is 12.5. The predicted molar refractivity (Wildman–Crippen MR) is 213 cm³/mol. The highest BCUT2D eigenvalue weighted by Gasteiger charge is 2.31. The van der Waals surface area contributed by atoms with Gasteiger partial charge in [-0.2, -0.15) is 0 Å². The smallest absolute Gasteiger partial charge is 0.331 e. The van der Waals surface area contributed by atoms with Crippen LogP contribution in [0.1, 0.15) is 41.1 Å². The minimum atomic E-state index is -0.565. The molecule has 2 aliphatic rings. The van der Waals surface area contributed by atoms with Crippen molar-refractivity contribution in [1.82, 2.24) is 4.90 Å². The van der Waals surface area contributed by atoms with Gasteiger partial charge in [-0.05, 0) is 84.5 Å². The van der Waals surface area contributed by atoms with E-state index in [-0.39, 0.29) is 19.3 Å². The molecule has 3 aromatic carbocycles. The van der Waals surface area contributed by atoms with Crippen molar-refractivity contribution in [3.8, 4) is 23.0 Å². The van der Waals surface area contributed by atoms with Crippen LogP contribution in [0.15, 0.2) is 72.8 Å². The van der Waals surface area contributed by atoms with Crippen LogP contribution in [-0.2, 0) is 43.2 Å². The summed E-state index contributed by atoms with van der Waals surface area (Å²) in [7, 11) is 8.64. The van der Waals surface area contributed by atoms with Crippen molar-refractivity contribution in [2.45, 2.75) is 38.3 Å². The van der Waals surface area contributed by atoms with Crippen LogP contribution in [-0.4, -0.2) is 133 Å². The average Bonchev–Trinajstić information content (AvgIpc) is 3.25. The predicted octanol–water partition coefficient (Wildman–Crippen LogP) is 4.55. The molecule has 308 valence electrons. The highest BCUT2D eigenvalue weighted by atomic mass is 16.5. The first-order valence-electron chi connectivity index (χ1n) is 18.9. The molecule has 0 aromatic heterocycles. The number of quaternary nitrogens is 1. The Balaban J connectivity index is 0.00000204. The summed E-state index contributed by atoms with van der Waals surface area (Å²) in [6.07, 6.45) is 5.32. The summed E-state index contributed by atoms with van der Waals surface area (Å²) >= 11 is 0. The first-order chi connectivity index (χ1) is 27.3. The Morgan fingerprint density at radius 3 is 1.84 bits per heavy atom. The maximum Gasteiger partial charge on any atom is 0.331 e. The molecule has 0 saturated carbocycles. The summed E-state index contributed by atoms with van der Waals surface area (Å²) in [5.41, 5.74) is 4.87. The van der Waals surface area contributed by atoms with E-state index in [1.807, 2.05) is 24.3 Å². The van der Waals surface area contributed by atoms with Gasteiger partial charge in [0, 0.05) is 57.5 Å². The van der Waals surface area contributed by atoms with E-state index in [1.165, 1.54) is 22.3 Å². The van der Waals surface area contributed by atoms with Crippen LogP contribution in [0.25, 0.3) is 0 Å². The Kier molecular flexibility index (Phi) is 20.2. The van der Waals surface area contributed by atoms with E-state index >= 15 is 0 Å². The third-order valence-corrected chi connectivity index (χ3v) is 10.0. The van der Waals surface area contributed by atoms with Crippen LogP contribution in [0, 0.1) is 0 Å². The lowest BCUT2D eigenvalue weighted by Crippen LogP contribution is -2.55. The van der Waals surface area contributed by atoms with Crippen molar-refractivity contribution < 1.29 is 57.4 Å². The molecule has 0 amide bonds. The SMILES string of the molecule is CO.CO.COc1ccc(C[C@@H]2c3cc(OC)c(OC)cc3CCN2CCCOC(=O)/C=C\C(=O)OCCC[N+]2(Cc3ccc(OC)cc3)CCOCC2)cc1. The molecule has 5 rings (SSSR count). The molecule has 56 heavy (non-hydrogen) atoms. The van der Waals surface area contributed by atoms with Gasteiger partial charge in [-0.15, -0.1) is 0 Å². The number of hydrogen-bond donors (Lipinski definition) is 2. The highest BCUT2D eigenvalue weighted by molar-refractivity contribution is 5.91. The summed E-state index contributed by atoms with van der Waals surface area (Å²) < 4.78 is 39.3. The van der Waals surface area contributed by atoms with Gasteiger partial charge in [-0.3, -0.25) is 4.90 Å². The Morgan fingerprint density at radius 1 is 0.750 bits per heavy atom. The number of benzene rings is 3. The van der Waals surface area contributed by atoms with Gasteiger partial charge in [0.2, 0.25) is 0 Å². The molecule has 0 bridgehead atoms. The van der Waals surface area contributed by atoms with Crippen LogP contribution in [0.4, 0.5) is 0 Å². The fourth-order valence-corrected chi connectivity index (χ4v) is 7.13. The van der Waals surface area contributed by atoms with Crippen LogP contribution < -0.4 is 18.9 Å². The van der Waals surface area contributed by atoms with E-state index in [9.17, 15) is 9.59 Å². The summed E-state index contributed by atoms with van der Waals surface area (Å²) in [6, 6.07) is 20.6. The number of rotatable bonds is 18. The van der Waals surface area contributed by atoms with E-state index in [0.717, 1.165) is 100 Å². The molecule has 0 unspecified atom stereocenters. The molecule has 13 heteroatoms. The summed E-state index contributed by atoms with van der Waals surface area (Å²) in [4.78, 5) is 27.3. The number of hydrogen-bond acceptors (Lipinski definition) is 12. The monoisotopic (exact) mass is 781 g/mol. The van der Waals surface area contributed by atoms with Crippen LogP contribution in [0.2, 0.25) is 0 Å². The number of aliphatic hydroxyl groups is 2. The van der Waals surface area contributed by atoms with E-state index in [1.54, 1.807) is 28.4 Å². The van der Waals surface area contributed by atoms with Gasteiger partial charge < -0.3 is 47.9 Å². The zero-order valence-corrected chi connectivity index (χ0v) is 33.9. The molecule has 0 spiro atoms. The highest BCUT2D eigenvalue weighted by Crippen LogP contribution is 2.39. The van der Waals surface area contributed by atoms with Gasteiger partial charge >= 0.3 is 11.9 Å². The van der Waals surface area contributed by atoms with Gasteiger partial charge in [-0.1, -0.05) is 12.1 Å². The molecule has 2 heterocycles. The molecule has 2 aliphatic heterocycles. The minimum absolute atomic E-state index is 0.102. The number of methoxy groups -OCH3 is 4. The van der Waals surface area contributed by atoms with Crippen molar-refractivity contribution >= 4 is 11.9 Å². The van der Waals surface area contributed by atoms with Crippen LogP contribution in [0.5, 0.6) is 23.0 Å². The van der Waals surface area contributed by atoms with Crippen molar-refractivity contribution in [2.24, 2.45) is 0 Å². The molecule has 3 aromatic rings. The second-order valence-corrected chi connectivity index (χ2v) is 13.3. The van der Waals surface area contributed by atoms with Crippen molar-refractivity contribution in [1.29, 1.82) is 0 Å². The number of morpholine rings is 1. The van der Waals surface area contributed by atoms with E-state index in [0.29, 0.717) is 31.8 Å². The quantitative estimate of drug-likeness (QED) is 0.0810. The first kappa shape index (κ1) is 45.7. The minimum Gasteiger partial charge on any atom is -0.497 e. The Bertz CT molecular complexity index is 1620. The summed E-state index contributed by atoms with van der Waals surface area (Å²) in [6.45, 7) is 7.08. The number of fused-ring (bicyclic) bond motifs is 1. The lowest BCUT2D eigenvalue weighted by molar-refractivity contribution is -0.947. The van der Waals surface area contributed by atoms with Crippen LogP contribution in [0.3, 0.4) is 0 Å². The van der Waals surface area contributed by atoms with E-state index in [4.69, 9.17) is 43.4 Å². The largest absolute Gasteiger partial charge is 0.497 e. The summed E-state index contributed by atoms with van der Waals surface area (Å²) in [5, 5.41) is 14.0. The molecule has 0 aliphatic carbocycles. The Morgan fingerprint density at radius 2 is 1.29 bits per heavy atom. The third kappa shape index (κ3) is 13.8. The Hall–Kier alpha value is -4.66. The van der Waals surface area contributed by atoms with E-state index < -0.39 is 11.9 Å². The van der Waals surface area contributed by atoms with Gasteiger partial charge in [-0.25, -0.2) is 9.59 Å². The lowest BCUT2D eigenvalue weighted by atomic mass is 9.88. The maximum absolute atomic E-state index is 12.5. The van der Waals surface area contributed by atoms with Crippen molar-refractivity contribution in [3.63, 3.8) is 0 Å². The van der Waals surface area contributed by atoms with Gasteiger partial charge in [0.25, 0.3) is 0 Å². The zero-order valence-electron chi connectivity index (χ0n) is 33.9. The Labute approximate surface area is 331 Å². The second-order valence-electron chi connectivity index (χ2n) is 13.3. The molecule has 1 atom stereocenters. The average molecular weight is 782 g/mol. The summed E-state index contributed by atoms with van der Waals surface area (Å²) in [5.74, 6) is 1.97. The van der Waals surface area contributed by atoms with Gasteiger partial charge in [0.05, 0.1) is 61.4 Å². The number of esters is 2. The fourth-order valence-electron chi connectivity index (χ4n) is 7.13. The van der Waals surface area contributed by atoms with Gasteiger partial charge in [0.15, 0.2) is 11.5 Å². The molecule has 2 N–H and O–H groups in total. The molecular weight excluding hydrogens is 720 g/mol. The number of carbonyl (C=O) groups excluding carboxylic acids is 2. The number of nitrogens with zero attached hydrogens (tertiary/aromatic N) is 2. The standard InChI is InChI=1S/C41H53N2O9.2CH4O/c1-46-34-11-7-31(8-12-34)27-37-36-29-39(49-4)38(48-3)28-33(36)17-19-42(37)18-5-23-51-40(44)15-16-41(45)52-24-6-20-43(21-25-50-26-22-43)30-32-9-13-35(47-2)14-10-32;2*1-2/h7-16,28-29,37H,5-6,17-27,30H2,1-4H3;2*2H,1H3/q+1;;/b16-15-;;/t37-;;/m1../s1. The van der Waals surface area contributed by atoms with Gasteiger partial charge in [0.1, 0.15) is 31.1 Å². The molecule has 1 fully saturated rings. The second kappa shape index (κ2) is 24.8. The molecule has 0 radical (unpaired) electrons. The third-order valence-electron chi connectivity index (χ3n) is 10.0. The van der Waals surface area contributed by atoms with Crippen molar-refractivity contribution in [2.75, 3.05) is 102 Å². The van der Waals surface area contributed by atoms with Crippen LogP contribution >= 0.6 is 0 Å². The number of aliphatic hydroxyl groups excluding tert-OH is 2. The molecule has 1 saturated heterocycles. The molecule has 13 nitrogen and oxygen atoms in total. The normalized spacial score (nSPS) is 15.9. The fraction of sp³-hybridized carbons (Fsp3) is 0.488. The lowest BCUT2D eigenvalue weighted by Gasteiger charge is -2.41. The van der Waals surface area contributed by atoms with E-state index in [2.05, 4.69) is 41.3 Å². The first-order valence-corrected chi connectivity index (χ1v) is 18.9. The number of carbonyl (C=O) groups is 2. The number of ether oxygens (including phenoxy) is 7. The molecular formula is C43H61N2O11+. The topological polar surface area (TPSA) is 142 Å². The van der Waals surface area contributed by atoms with Crippen molar-refractivity contribution in [3.05, 3.63) is 95.1 Å². The zero-order chi connectivity index (χ0) is 40.8.